The van der Waals surface area contributed by atoms with Crippen LogP contribution in [0.15, 0.2) is 62.5 Å². The smallest absolute Gasteiger partial charge is 0.175 e. The monoisotopic (exact) mass is 498 g/mol. The summed E-state index contributed by atoms with van der Waals surface area (Å²) in [6, 6.07) is 14.3. The van der Waals surface area contributed by atoms with Crippen molar-refractivity contribution in [2.45, 2.75) is 42.9 Å². The lowest BCUT2D eigenvalue weighted by atomic mass is 10.1. The van der Waals surface area contributed by atoms with Gasteiger partial charge in [0.25, 0.3) is 0 Å². The molecule has 1 aromatic heterocycles. The molecule has 2 aromatic carbocycles. The standard InChI is InChI=1S/C25H31ClN6OS/c1-16(2)30-10-7-11-32-24(29-4)22(23(27)28-3)31-25(32)34-21-14-18(12-19(26)15-21)17-8-6-9-20(13-17)33-5/h6,8-9,12-16,30H,4,7,10-11H2,1-3,5H3,(H2,27,28). The summed E-state index contributed by atoms with van der Waals surface area (Å²) in [5.41, 5.74) is 8.67. The molecule has 0 spiro atoms. The first-order valence-corrected chi connectivity index (χ1v) is 12.2. The number of benzene rings is 2. The molecular weight excluding hydrogens is 468 g/mol. The Hall–Kier alpha value is -2.81. The number of hydrogen-bond acceptors (Lipinski definition) is 6. The molecule has 0 fully saturated rings. The maximum Gasteiger partial charge on any atom is 0.175 e. The minimum absolute atomic E-state index is 0.325. The third-order valence-electron chi connectivity index (χ3n) is 5.13. The average molecular weight is 499 g/mol. The van der Waals surface area contributed by atoms with Gasteiger partial charge in [-0.05, 0) is 61.1 Å². The highest BCUT2D eigenvalue weighted by atomic mass is 35.5. The van der Waals surface area contributed by atoms with Crippen molar-refractivity contribution >= 4 is 41.7 Å². The number of nitrogens with two attached hydrogens (primary N) is 1. The molecule has 0 bridgehead atoms. The van der Waals surface area contributed by atoms with E-state index in [9.17, 15) is 0 Å². The number of ether oxygens (including phenoxy) is 1. The zero-order valence-corrected chi connectivity index (χ0v) is 21.6. The van der Waals surface area contributed by atoms with E-state index in [1.54, 1.807) is 14.2 Å². The van der Waals surface area contributed by atoms with E-state index in [4.69, 9.17) is 27.1 Å². The van der Waals surface area contributed by atoms with Gasteiger partial charge in [-0.1, -0.05) is 49.3 Å². The highest BCUT2D eigenvalue weighted by Crippen LogP contribution is 2.36. The van der Waals surface area contributed by atoms with E-state index in [1.165, 1.54) is 11.8 Å². The van der Waals surface area contributed by atoms with Gasteiger partial charge in [0.05, 0.1) is 7.11 Å². The van der Waals surface area contributed by atoms with Crippen molar-refractivity contribution in [2.24, 2.45) is 15.7 Å². The Bertz CT molecular complexity index is 1170. The lowest BCUT2D eigenvalue weighted by Gasteiger charge is -2.12. The molecule has 0 aliphatic heterocycles. The van der Waals surface area contributed by atoms with Crippen molar-refractivity contribution in [3.05, 3.63) is 53.2 Å². The van der Waals surface area contributed by atoms with Crippen molar-refractivity contribution in [1.82, 2.24) is 14.9 Å². The van der Waals surface area contributed by atoms with Crippen LogP contribution in [0.1, 0.15) is 26.0 Å². The number of rotatable bonds is 11. The van der Waals surface area contributed by atoms with Crippen molar-refractivity contribution in [2.75, 3.05) is 20.7 Å². The number of nitrogens with zero attached hydrogens (tertiary/aromatic N) is 4. The summed E-state index contributed by atoms with van der Waals surface area (Å²) >= 11 is 8.01. The average Bonchev–Trinajstić information content (AvgIpc) is 3.17. The molecule has 0 aliphatic rings. The van der Waals surface area contributed by atoms with Gasteiger partial charge in [-0.2, -0.15) is 0 Å². The van der Waals surface area contributed by atoms with E-state index in [1.807, 2.05) is 41.0 Å². The first-order valence-electron chi connectivity index (χ1n) is 11.0. The Balaban J connectivity index is 1.98. The molecule has 0 saturated heterocycles. The molecule has 0 saturated carbocycles. The second-order valence-electron chi connectivity index (χ2n) is 7.96. The quantitative estimate of drug-likeness (QED) is 0.209. The number of methoxy groups -OCH3 is 1. The fraction of sp³-hybridized carbons (Fsp3) is 0.320. The second-order valence-corrected chi connectivity index (χ2v) is 9.43. The molecule has 1 heterocycles. The van der Waals surface area contributed by atoms with Gasteiger partial charge in [-0.25, -0.2) is 9.98 Å². The third kappa shape index (κ3) is 6.40. The maximum absolute atomic E-state index is 6.50. The van der Waals surface area contributed by atoms with Crippen LogP contribution in [0.3, 0.4) is 0 Å². The van der Waals surface area contributed by atoms with Gasteiger partial charge in [-0.3, -0.25) is 4.99 Å². The van der Waals surface area contributed by atoms with Crippen molar-refractivity contribution in [3.8, 4) is 16.9 Å². The molecule has 0 unspecified atom stereocenters. The fourth-order valence-electron chi connectivity index (χ4n) is 3.47. The number of aliphatic imine (C=N–C) groups is 2. The predicted octanol–water partition coefficient (Wildman–Crippen LogP) is 5.42. The number of amidine groups is 1. The summed E-state index contributed by atoms with van der Waals surface area (Å²) < 4.78 is 7.42. The lowest BCUT2D eigenvalue weighted by Crippen LogP contribution is -2.24. The van der Waals surface area contributed by atoms with Crippen LogP contribution in [0.2, 0.25) is 5.02 Å². The molecule has 3 N–H and O–H groups in total. The highest BCUT2D eigenvalue weighted by molar-refractivity contribution is 7.99. The number of hydrogen-bond donors (Lipinski definition) is 2. The van der Waals surface area contributed by atoms with Crippen molar-refractivity contribution in [1.29, 1.82) is 0 Å². The molecule has 7 nitrogen and oxygen atoms in total. The predicted molar refractivity (Wildman–Crippen MR) is 143 cm³/mol. The van der Waals surface area contributed by atoms with Crippen LogP contribution in [-0.2, 0) is 6.54 Å². The van der Waals surface area contributed by atoms with Crippen LogP contribution in [0.25, 0.3) is 11.1 Å². The number of imidazole rings is 1. The maximum atomic E-state index is 6.50. The topological polar surface area (TPSA) is 89.8 Å². The van der Waals surface area contributed by atoms with Crippen LogP contribution in [-0.4, -0.2) is 48.8 Å². The van der Waals surface area contributed by atoms with Crippen LogP contribution in [0.4, 0.5) is 5.82 Å². The minimum Gasteiger partial charge on any atom is -0.497 e. The van der Waals surface area contributed by atoms with Gasteiger partial charge < -0.3 is 20.4 Å². The Kier molecular flexibility index (Phi) is 9.15. The number of aromatic nitrogens is 2. The van der Waals surface area contributed by atoms with Crippen LogP contribution in [0.5, 0.6) is 5.75 Å². The molecule has 0 atom stereocenters. The summed E-state index contributed by atoms with van der Waals surface area (Å²) in [4.78, 5) is 14.1. The normalized spacial score (nSPS) is 11.8. The third-order valence-corrected chi connectivity index (χ3v) is 6.32. The van der Waals surface area contributed by atoms with E-state index >= 15 is 0 Å². The number of halogens is 1. The van der Waals surface area contributed by atoms with Crippen LogP contribution < -0.4 is 15.8 Å². The van der Waals surface area contributed by atoms with Gasteiger partial charge in [0.1, 0.15) is 11.6 Å². The summed E-state index contributed by atoms with van der Waals surface area (Å²) in [6.07, 6.45) is 0.901. The van der Waals surface area contributed by atoms with E-state index in [0.717, 1.165) is 39.9 Å². The van der Waals surface area contributed by atoms with Crippen LogP contribution in [0, 0.1) is 0 Å². The van der Waals surface area contributed by atoms with Crippen molar-refractivity contribution in [3.63, 3.8) is 0 Å². The molecule has 0 amide bonds. The van der Waals surface area contributed by atoms with Gasteiger partial charge in [-0.15, -0.1) is 0 Å². The molecule has 3 rings (SSSR count). The van der Waals surface area contributed by atoms with Crippen LogP contribution >= 0.6 is 23.4 Å². The Labute approximate surface area is 210 Å². The van der Waals surface area contributed by atoms with Gasteiger partial charge in [0, 0.05) is 29.6 Å². The molecule has 9 heteroatoms. The molecule has 34 heavy (non-hydrogen) atoms. The first kappa shape index (κ1) is 25.8. The van der Waals surface area contributed by atoms with E-state index < -0.39 is 0 Å². The highest BCUT2D eigenvalue weighted by Gasteiger charge is 2.20. The van der Waals surface area contributed by atoms with Gasteiger partial charge in [0.2, 0.25) is 0 Å². The fourth-order valence-corrected chi connectivity index (χ4v) is 4.77. The zero-order valence-electron chi connectivity index (χ0n) is 20.0. The minimum atomic E-state index is 0.325. The Morgan fingerprint density at radius 2 is 2.06 bits per heavy atom. The molecular formula is C25H31ClN6OS. The lowest BCUT2D eigenvalue weighted by molar-refractivity contribution is 0.415. The number of nitrogens with one attached hydrogen (secondary N) is 1. The van der Waals surface area contributed by atoms with Crippen molar-refractivity contribution < 1.29 is 4.74 Å². The largest absolute Gasteiger partial charge is 0.497 e. The van der Waals surface area contributed by atoms with Gasteiger partial charge in [0.15, 0.2) is 16.7 Å². The van der Waals surface area contributed by atoms with E-state index in [-0.39, 0.29) is 0 Å². The first-order chi connectivity index (χ1) is 16.4. The summed E-state index contributed by atoms with van der Waals surface area (Å²) in [5.74, 6) is 1.73. The Morgan fingerprint density at radius 1 is 1.26 bits per heavy atom. The molecule has 3 aromatic rings. The molecule has 0 aliphatic carbocycles. The molecule has 0 radical (unpaired) electrons. The summed E-state index contributed by atoms with van der Waals surface area (Å²) in [5, 5.41) is 4.84. The van der Waals surface area contributed by atoms with Gasteiger partial charge >= 0.3 is 0 Å². The van der Waals surface area contributed by atoms with E-state index in [2.05, 4.69) is 41.9 Å². The molecule has 180 valence electrons. The second kappa shape index (κ2) is 12.1. The summed E-state index contributed by atoms with van der Waals surface area (Å²) in [6.45, 7) is 9.60. The summed E-state index contributed by atoms with van der Waals surface area (Å²) in [7, 11) is 3.29. The Morgan fingerprint density at radius 3 is 2.74 bits per heavy atom. The zero-order chi connectivity index (χ0) is 24.7. The SMILES string of the molecule is C=Nc1c(/C(N)=N\C)nc(Sc2cc(Cl)cc(-c3cccc(OC)c3)c2)n1CCCNC(C)C. The van der Waals surface area contributed by atoms with E-state index in [0.29, 0.717) is 35.0 Å².